The van der Waals surface area contributed by atoms with Crippen LogP contribution in [0.15, 0.2) is 12.2 Å². The van der Waals surface area contributed by atoms with Gasteiger partial charge in [0.05, 0.1) is 18.3 Å². The van der Waals surface area contributed by atoms with Crippen LogP contribution < -0.4 is 0 Å². The zero-order valence-electron chi connectivity index (χ0n) is 27.1. The first-order chi connectivity index (χ1) is 19.1. The first-order valence-electron chi connectivity index (χ1n) is 17.1. The molecule has 1 aliphatic heterocycles. The van der Waals surface area contributed by atoms with Crippen LogP contribution in [0.5, 0.6) is 0 Å². The van der Waals surface area contributed by atoms with Crippen molar-refractivity contribution in [2.24, 2.45) is 56.7 Å². The van der Waals surface area contributed by atoms with Crippen molar-refractivity contribution < 1.29 is 24.8 Å². The standard InChI is InChI=1S/C36H60O5/c1-21(2)23-11-16-36(20-37)18-17-34(7)24(30(23)36)9-10-27-33(6)14-13-28(32(4,5)26(33)12-15-35(27,34)8)41-29-19-25(38)31(39)22(3)40-29/h22-31,37-39H,1,9-20H2,2-8H3/t22-,23-,24+,25-,26-,27+,28-,29-,30+,31-,33-,34+,35+,36+/m0/s1. The SMILES string of the molecule is C=C(C)[C@@H]1CC[C@]2(CO)CC[C@]3(C)[C@H](CC[C@@H]4[C@@]5(C)CC[C@H](O[C@H]6C[C@H](O)[C@@H](O)[C@H](C)O6)C(C)(C)[C@@H]5CC[C@]43C)[C@@H]12. The number of allylic oxidation sites excluding steroid dienone is 1. The highest BCUT2D eigenvalue weighted by Crippen LogP contribution is 2.77. The molecule has 14 atom stereocenters. The molecule has 0 aromatic rings. The van der Waals surface area contributed by atoms with Gasteiger partial charge in [-0.1, -0.05) is 46.8 Å². The molecule has 5 heteroatoms. The fourth-order valence-corrected chi connectivity index (χ4v) is 13.1. The Morgan fingerprint density at radius 1 is 0.878 bits per heavy atom. The molecule has 3 N–H and O–H groups in total. The average Bonchev–Trinajstić information content (AvgIpc) is 3.30. The number of rotatable bonds is 4. The lowest BCUT2D eigenvalue weighted by Crippen LogP contribution is -2.67. The summed E-state index contributed by atoms with van der Waals surface area (Å²) in [7, 11) is 0. The second-order valence-electron chi connectivity index (χ2n) is 17.3. The molecule has 5 aliphatic carbocycles. The quantitative estimate of drug-likeness (QED) is 0.253. The van der Waals surface area contributed by atoms with E-state index in [0.717, 1.165) is 6.42 Å². The molecular formula is C36H60O5. The molecule has 5 nitrogen and oxygen atoms in total. The first kappa shape index (κ1) is 30.6. The number of ether oxygens (including phenoxy) is 2. The van der Waals surface area contributed by atoms with Crippen LogP contribution in [0.2, 0.25) is 0 Å². The average molecular weight is 573 g/mol. The van der Waals surface area contributed by atoms with Gasteiger partial charge in [0.15, 0.2) is 6.29 Å². The zero-order chi connectivity index (χ0) is 29.8. The molecule has 41 heavy (non-hydrogen) atoms. The molecule has 0 amide bonds. The highest BCUT2D eigenvalue weighted by atomic mass is 16.7. The summed E-state index contributed by atoms with van der Waals surface area (Å²) in [5.41, 5.74) is 2.33. The summed E-state index contributed by atoms with van der Waals surface area (Å²) in [5, 5.41) is 31.3. The molecule has 0 radical (unpaired) electrons. The molecule has 6 aliphatic rings. The Kier molecular flexibility index (Phi) is 7.47. The summed E-state index contributed by atoms with van der Waals surface area (Å²) >= 11 is 0. The largest absolute Gasteiger partial charge is 0.396 e. The Labute approximate surface area is 249 Å². The van der Waals surface area contributed by atoms with Gasteiger partial charge in [-0.25, -0.2) is 0 Å². The second kappa shape index (κ2) is 10.0. The van der Waals surface area contributed by atoms with Crippen molar-refractivity contribution in [2.45, 2.75) is 150 Å². The highest BCUT2D eigenvalue weighted by molar-refractivity contribution is 5.21. The maximum atomic E-state index is 10.8. The van der Waals surface area contributed by atoms with Crippen LogP contribution >= 0.6 is 0 Å². The van der Waals surface area contributed by atoms with Crippen LogP contribution in [-0.4, -0.2) is 52.6 Å². The van der Waals surface area contributed by atoms with Gasteiger partial charge < -0.3 is 24.8 Å². The van der Waals surface area contributed by atoms with E-state index in [0.29, 0.717) is 53.4 Å². The third kappa shape index (κ3) is 4.17. The Morgan fingerprint density at radius 3 is 2.27 bits per heavy atom. The number of hydrogen-bond donors (Lipinski definition) is 3. The highest BCUT2D eigenvalue weighted by Gasteiger charge is 2.71. The van der Waals surface area contributed by atoms with Gasteiger partial charge in [-0.15, -0.1) is 0 Å². The van der Waals surface area contributed by atoms with Gasteiger partial charge in [0.2, 0.25) is 0 Å². The van der Waals surface area contributed by atoms with Crippen LogP contribution in [0.4, 0.5) is 0 Å². The van der Waals surface area contributed by atoms with Gasteiger partial charge in [0.25, 0.3) is 0 Å². The summed E-state index contributed by atoms with van der Waals surface area (Å²) < 4.78 is 12.7. The van der Waals surface area contributed by atoms with E-state index < -0.39 is 24.6 Å². The number of aliphatic hydroxyl groups excluding tert-OH is 3. The van der Waals surface area contributed by atoms with Crippen LogP contribution in [-0.2, 0) is 9.47 Å². The molecule has 234 valence electrons. The van der Waals surface area contributed by atoms with E-state index >= 15 is 0 Å². The molecule has 1 saturated heterocycles. The van der Waals surface area contributed by atoms with Crippen molar-refractivity contribution in [3.8, 4) is 0 Å². The lowest BCUT2D eigenvalue weighted by molar-refractivity contribution is -0.297. The smallest absolute Gasteiger partial charge is 0.161 e. The molecule has 1 heterocycles. The van der Waals surface area contributed by atoms with E-state index in [4.69, 9.17) is 9.47 Å². The monoisotopic (exact) mass is 572 g/mol. The van der Waals surface area contributed by atoms with Gasteiger partial charge in [0, 0.05) is 13.0 Å². The van der Waals surface area contributed by atoms with Gasteiger partial charge in [-0.05, 0) is 135 Å². The van der Waals surface area contributed by atoms with Gasteiger partial charge in [0.1, 0.15) is 6.10 Å². The molecule has 0 bridgehead atoms. The summed E-state index contributed by atoms with van der Waals surface area (Å²) in [4.78, 5) is 0. The minimum atomic E-state index is -0.845. The van der Waals surface area contributed by atoms with E-state index in [9.17, 15) is 15.3 Å². The number of aliphatic hydroxyl groups is 3. The molecule has 0 aromatic heterocycles. The predicted molar refractivity (Wildman–Crippen MR) is 162 cm³/mol. The van der Waals surface area contributed by atoms with Gasteiger partial charge >= 0.3 is 0 Å². The zero-order valence-corrected chi connectivity index (χ0v) is 27.1. The fraction of sp³-hybridized carbons (Fsp3) is 0.944. The van der Waals surface area contributed by atoms with E-state index in [1.54, 1.807) is 0 Å². The second-order valence-corrected chi connectivity index (χ2v) is 17.3. The Balaban J connectivity index is 1.26. The van der Waals surface area contributed by atoms with Crippen LogP contribution in [0.3, 0.4) is 0 Å². The Hall–Kier alpha value is -0.460. The summed E-state index contributed by atoms with van der Waals surface area (Å²) in [6.07, 6.45) is 10.0. The number of hydrogen-bond acceptors (Lipinski definition) is 5. The van der Waals surface area contributed by atoms with E-state index in [-0.39, 0.29) is 22.3 Å². The van der Waals surface area contributed by atoms with Crippen molar-refractivity contribution in [3.05, 3.63) is 12.2 Å². The van der Waals surface area contributed by atoms with E-state index in [1.165, 1.54) is 63.4 Å². The van der Waals surface area contributed by atoms with Crippen LogP contribution in [0, 0.1) is 56.7 Å². The molecular weight excluding hydrogens is 512 g/mol. The first-order valence-corrected chi connectivity index (χ1v) is 17.1. The minimum Gasteiger partial charge on any atom is -0.396 e. The summed E-state index contributed by atoms with van der Waals surface area (Å²) in [5.74, 6) is 3.10. The van der Waals surface area contributed by atoms with E-state index in [2.05, 4.69) is 48.1 Å². The van der Waals surface area contributed by atoms with Crippen LogP contribution in [0.1, 0.15) is 119 Å². The maximum absolute atomic E-state index is 10.8. The summed E-state index contributed by atoms with van der Waals surface area (Å²) in [6.45, 7) is 21.7. The Morgan fingerprint density at radius 2 is 1.61 bits per heavy atom. The molecule has 6 fully saturated rings. The normalized spacial score (nSPS) is 56.2. The van der Waals surface area contributed by atoms with Gasteiger partial charge in [-0.3, -0.25) is 0 Å². The molecule has 0 unspecified atom stereocenters. The number of fused-ring (bicyclic) bond motifs is 7. The van der Waals surface area contributed by atoms with Gasteiger partial charge in [-0.2, -0.15) is 0 Å². The topological polar surface area (TPSA) is 79.2 Å². The van der Waals surface area contributed by atoms with Crippen molar-refractivity contribution in [1.82, 2.24) is 0 Å². The van der Waals surface area contributed by atoms with Crippen molar-refractivity contribution in [2.75, 3.05) is 6.61 Å². The lowest BCUT2D eigenvalue weighted by Gasteiger charge is -2.73. The van der Waals surface area contributed by atoms with Crippen LogP contribution in [0.25, 0.3) is 0 Å². The molecule has 0 spiro atoms. The lowest BCUT2D eigenvalue weighted by atomic mass is 9.32. The fourth-order valence-electron chi connectivity index (χ4n) is 13.1. The Bertz CT molecular complexity index is 1010. The van der Waals surface area contributed by atoms with Crippen molar-refractivity contribution >= 4 is 0 Å². The predicted octanol–water partition coefficient (Wildman–Crippen LogP) is 6.88. The molecule has 5 saturated carbocycles. The summed E-state index contributed by atoms with van der Waals surface area (Å²) in [6, 6.07) is 0. The molecule has 0 aromatic carbocycles. The van der Waals surface area contributed by atoms with Crippen molar-refractivity contribution in [3.63, 3.8) is 0 Å². The minimum absolute atomic E-state index is 0.00873. The third-order valence-corrected chi connectivity index (χ3v) is 15.5. The van der Waals surface area contributed by atoms with Crippen molar-refractivity contribution in [1.29, 1.82) is 0 Å². The maximum Gasteiger partial charge on any atom is 0.161 e. The third-order valence-electron chi connectivity index (χ3n) is 15.5. The van der Waals surface area contributed by atoms with E-state index in [1.807, 2.05) is 6.92 Å². The molecule has 6 rings (SSSR count).